The van der Waals surface area contributed by atoms with E-state index in [-0.39, 0.29) is 11.9 Å². The maximum absolute atomic E-state index is 14.4. The minimum Gasteiger partial charge on any atom is -0.352 e. The lowest BCUT2D eigenvalue weighted by Gasteiger charge is -2.26. The molecule has 2 aromatic heterocycles. The molecule has 34 heavy (non-hydrogen) atoms. The number of rotatable bonds is 11. The van der Waals surface area contributed by atoms with Crippen LogP contribution in [0.3, 0.4) is 0 Å². The summed E-state index contributed by atoms with van der Waals surface area (Å²) in [6.45, 7) is 1.21. The molecule has 0 radical (unpaired) electrons. The van der Waals surface area contributed by atoms with Gasteiger partial charge in [0.25, 0.3) is 5.91 Å². The van der Waals surface area contributed by atoms with Crippen LogP contribution in [0.4, 0.5) is 14.6 Å². The molecule has 0 spiro atoms. The molecule has 3 aromatic rings. The van der Waals surface area contributed by atoms with E-state index in [9.17, 15) is 18.4 Å². The van der Waals surface area contributed by atoms with Crippen molar-refractivity contribution >= 4 is 23.7 Å². The summed E-state index contributed by atoms with van der Waals surface area (Å²) in [5.41, 5.74) is 1.12. The molecule has 1 atom stereocenters. The number of carbonyl (C=O) groups is 2. The average Bonchev–Trinajstić information content (AvgIpc) is 3.49. The zero-order valence-corrected chi connectivity index (χ0v) is 19.1. The smallest absolute Gasteiger partial charge is 0.256 e. The van der Waals surface area contributed by atoms with Gasteiger partial charge in [-0.3, -0.25) is 4.79 Å². The molecule has 0 saturated carbocycles. The SMILES string of the molecule is O=CCCCCCCCNC(=O)c1cnn2ccc(N3CCC[C@@H]3c3cc(F)ccc3F)nc12. The molecule has 1 aliphatic rings. The van der Waals surface area contributed by atoms with Crippen LogP contribution in [0.15, 0.2) is 36.7 Å². The molecule has 4 rings (SSSR count). The van der Waals surface area contributed by atoms with E-state index in [0.717, 1.165) is 56.9 Å². The number of halogens is 2. The van der Waals surface area contributed by atoms with Gasteiger partial charge in [0, 0.05) is 31.3 Å². The van der Waals surface area contributed by atoms with Crippen molar-refractivity contribution in [3.05, 3.63) is 59.4 Å². The number of carbonyl (C=O) groups excluding carboxylic acids is 2. The van der Waals surface area contributed by atoms with Gasteiger partial charge in [-0.1, -0.05) is 19.3 Å². The Balaban J connectivity index is 1.43. The largest absolute Gasteiger partial charge is 0.352 e. The molecule has 3 heterocycles. The van der Waals surface area contributed by atoms with Gasteiger partial charge in [-0.15, -0.1) is 0 Å². The Morgan fingerprint density at radius 3 is 2.82 bits per heavy atom. The molecule has 1 N–H and O–H groups in total. The second kappa shape index (κ2) is 11.2. The quantitative estimate of drug-likeness (QED) is 0.328. The third-order valence-electron chi connectivity index (χ3n) is 6.25. The standard InChI is InChI=1S/C25H29F2N5O2/c26-18-9-10-21(27)19(16-18)22-8-7-13-31(22)23-11-14-32-24(30-23)20(17-29-32)25(34)28-12-5-3-1-2-4-6-15-33/h9-11,14-17,22H,1-8,12-13H2,(H,28,34)/t22-/m1/s1. The normalized spacial score (nSPS) is 15.7. The Morgan fingerprint density at radius 2 is 1.97 bits per heavy atom. The maximum Gasteiger partial charge on any atom is 0.256 e. The summed E-state index contributed by atoms with van der Waals surface area (Å²) in [6, 6.07) is 4.98. The predicted octanol–water partition coefficient (Wildman–Crippen LogP) is 4.62. The summed E-state index contributed by atoms with van der Waals surface area (Å²) in [4.78, 5) is 29.7. The topological polar surface area (TPSA) is 79.6 Å². The monoisotopic (exact) mass is 469 g/mol. The van der Waals surface area contributed by atoms with E-state index in [2.05, 4.69) is 15.4 Å². The minimum atomic E-state index is -0.470. The predicted molar refractivity (Wildman–Crippen MR) is 125 cm³/mol. The molecular formula is C25H29F2N5O2. The highest BCUT2D eigenvalue weighted by Crippen LogP contribution is 2.36. The number of anilines is 1. The van der Waals surface area contributed by atoms with Gasteiger partial charge in [0.15, 0.2) is 5.65 Å². The molecule has 1 amide bonds. The van der Waals surface area contributed by atoms with Gasteiger partial charge in [-0.05, 0) is 49.9 Å². The number of fused-ring (bicyclic) bond motifs is 1. The van der Waals surface area contributed by atoms with Gasteiger partial charge in [-0.25, -0.2) is 18.3 Å². The second-order valence-electron chi connectivity index (χ2n) is 8.61. The van der Waals surface area contributed by atoms with Gasteiger partial charge in [0.2, 0.25) is 0 Å². The third kappa shape index (κ3) is 5.40. The number of hydrogen-bond donors (Lipinski definition) is 1. The molecule has 0 bridgehead atoms. The van der Waals surface area contributed by atoms with Crippen LogP contribution in [0.2, 0.25) is 0 Å². The van der Waals surface area contributed by atoms with Crippen LogP contribution >= 0.6 is 0 Å². The Bertz CT molecular complexity index is 1150. The second-order valence-corrected chi connectivity index (χ2v) is 8.61. The first-order valence-corrected chi connectivity index (χ1v) is 11.9. The van der Waals surface area contributed by atoms with Crippen molar-refractivity contribution in [2.75, 3.05) is 18.0 Å². The first kappa shape index (κ1) is 23.8. The average molecular weight is 470 g/mol. The molecular weight excluding hydrogens is 440 g/mol. The van der Waals surface area contributed by atoms with E-state index in [0.29, 0.717) is 48.5 Å². The number of amides is 1. The lowest BCUT2D eigenvalue weighted by molar-refractivity contribution is -0.107. The van der Waals surface area contributed by atoms with Crippen molar-refractivity contribution in [1.82, 2.24) is 19.9 Å². The third-order valence-corrected chi connectivity index (χ3v) is 6.25. The Kier molecular flexibility index (Phi) is 7.82. The van der Waals surface area contributed by atoms with Crippen LogP contribution in [0.5, 0.6) is 0 Å². The summed E-state index contributed by atoms with van der Waals surface area (Å²) in [7, 11) is 0. The summed E-state index contributed by atoms with van der Waals surface area (Å²) in [5.74, 6) is -0.548. The van der Waals surface area contributed by atoms with Gasteiger partial charge < -0.3 is 15.0 Å². The van der Waals surface area contributed by atoms with Crippen molar-refractivity contribution < 1.29 is 18.4 Å². The van der Waals surface area contributed by atoms with Crippen LogP contribution in [0.25, 0.3) is 5.65 Å². The molecule has 1 fully saturated rings. The number of aldehydes is 1. The number of nitrogens with zero attached hydrogens (tertiary/aromatic N) is 4. The number of benzene rings is 1. The van der Waals surface area contributed by atoms with Crippen LogP contribution in [0, 0.1) is 11.6 Å². The number of aromatic nitrogens is 3. The Hall–Kier alpha value is -3.36. The fourth-order valence-corrected chi connectivity index (χ4v) is 4.49. The number of nitrogens with one attached hydrogen (secondary N) is 1. The highest BCUT2D eigenvalue weighted by atomic mass is 19.1. The number of hydrogen-bond acceptors (Lipinski definition) is 5. The summed E-state index contributed by atoms with van der Waals surface area (Å²) >= 11 is 0. The summed E-state index contributed by atoms with van der Waals surface area (Å²) < 4.78 is 29.8. The highest BCUT2D eigenvalue weighted by Gasteiger charge is 2.30. The Morgan fingerprint density at radius 1 is 1.15 bits per heavy atom. The van der Waals surface area contributed by atoms with E-state index >= 15 is 0 Å². The van der Waals surface area contributed by atoms with Crippen molar-refractivity contribution in [1.29, 1.82) is 0 Å². The zero-order valence-electron chi connectivity index (χ0n) is 19.1. The van der Waals surface area contributed by atoms with Crippen LogP contribution in [-0.2, 0) is 4.79 Å². The summed E-state index contributed by atoms with van der Waals surface area (Å²) in [5, 5.41) is 7.16. The van der Waals surface area contributed by atoms with E-state index in [4.69, 9.17) is 0 Å². The van der Waals surface area contributed by atoms with Crippen molar-refractivity contribution in [2.45, 2.75) is 57.4 Å². The lowest BCUT2D eigenvalue weighted by Crippen LogP contribution is -2.26. The molecule has 180 valence electrons. The zero-order chi connectivity index (χ0) is 23.9. The van der Waals surface area contributed by atoms with Gasteiger partial charge >= 0.3 is 0 Å². The van der Waals surface area contributed by atoms with E-state index in [1.165, 1.54) is 12.3 Å². The van der Waals surface area contributed by atoms with Crippen molar-refractivity contribution in [3.8, 4) is 0 Å². The van der Waals surface area contributed by atoms with Gasteiger partial charge in [-0.2, -0.15) is 5.10 Å². The maximum atomic E-state index is 14.4. The molecule has 9 heteroatoms. The fourth-order valence-electron chi connectivity index (χ4n) is 4.49. The molecule has 1 saturated heterocycles. The fraction of sp³-hybridized carbons (Fsp3) is 0.440. The molecule has 1 aliphatic heterocycles. The van der Waals surface area contributed by atoms with Crippen LogP contribution < -0.4 is 10.2 Å². The molecule has 0 aliphatic carbocycles. The molecule has 1 aromatic carbocycles. The van der Waals surface area contributed by atoms with Crippen molar-refractivity contribution in [2.24, 2.45) is 0 Å². The van der Waals surface area contributed by atoms with E-state index < -0.39 is 11.6 Å². The van der Waals surface area contributed by atoms with Crippen molar-refractivity contribution in [3.63, 3.8) is 0 Å². The molecule has 0 unspecified atom stereocenters. The Labute approximate surface area is 197 Å². The van der Waals surface area contributed by atoms with E-state index in [1.807, 2.05) is 4.90 Å². The minimum absolute atomic E-state index is 0.241. The highest BCUT2D eigenvalue weighted by molar-refractivity contribution is 5.99. The van der Waals surface area contributed by atoms with E-state index in [1.54, 1.807) is 16.8 Å². The van der Waals surface area contributed by atoms with Gasteiger partial charge in [0.1, 0.15) is 29.3 Å². The first-order chi connectivity index (χ1) is 16.6. The van der Waals surface area contributed by atoms with Crippen LogP contribution in [-0.4, -0.2) is 39.9 Å². The summed E-state index contributed by atoms with van der Waals surface area (Å²) in [6.07, 6.45) is 11.1. The first-order valence-electron chi connectivity index (χ1n) is 11.9. The number of unbranched alkanes of at least 4 members (excludes halogenated alkanes) is 5. The van der Waals surface area contributed by atoms with Gasteiger partial charge in [0.05, 0.1) is 12.2 Å². The molecule has 7 nitrogen and oxygen atoms in total. The van der Waals surface area contributed by atoms with Crippen LogP contribution in [0.1, 0.15) is 73.3 Å². The lowest BCUT2D eigenvalue weighted by atomic mass is 10.0.